The zero-order valence-electron chi connectivity index (χ0n) is 13.1. The van der Waals surface area contributed by atoms with E-state index < -0.39 is 0 Å². The van der Waals surface area contributed by atoms with Crippen LogP contribution >= 0.6 is 0 Å². The third-order valence-corrected chi connectivity index (χ3v) is 4.41. The Morgan fingerprint density at radius 2 is 2.05 bits per heavy atom. The smallest absolute Gasteiger partial charge is 0.0703 e. The number of benzene rings is 1. The molecule has 1 heterocycles. The van der Waals surface area contributed by atoms with E-state index in [1.54, 1.807) is 0 Å². The molecule has 3 nitrogen and oxygen atoms in total. The molecule has 2 atom stereocenters. The van der Waals surface area contributed by atoms with E-state index in [0.717, 1.165) is 19.7 Å². The Morgan fingerprint density at radius 1 is 1.35 bits per heavy atom. The second-order valence-corrected chi connectivity index (χ2v) is 5.78. The maximum Gasteiger partial charge on any atom is 0.0703 e. The first kappa shape index (κ1) is 15.5. The van der Waals surface area contributed by atoms with Crippen molar-refractivity contribution in [1.82, 2.24) is 4.90 Å². The first-order chi connectivity index (χ1) is 9.67. The fraction of sp³-hybridized carbons (Fsp3) is 0.647. The van der Waals surface area contributed by atoms with Crippen molar-refractivity contribution in [3.05, 3.63) is 34.9 Å². The topological polar surface area (TPSA) is 38.5 Å². The minimum atomic E-state index is 0.297. The van der Waals surface area contributed by atoms with Gasteiger partial charge in [-0.05, 0) is 49.9 Å². The molecule has 0 amide bonds. The van der Waals surface area contributed by atoms with Gasteiger partial charge in [0.15, 0.2) is 0 Å². The zero-order chi connectivity index (χ0) is 14.5. The van der Waals surface area contributed by atoms with Crippen LogP contribution in [-0.4, -0.2) is 37.2 Å². The van der Waals surface area contributed by atoms with Gasteiger partial charge in [0.2, 0.25) is 0 Å². The molecule has 2 N–H and O–H groups in total. The number of rotatable bonds is 6. The summed E-state index contributed by atoms with van der Waals surface area (Å²) in [5.41, 5.74) is 10.2. The van der Waals surface area contributed by atoms with Crippen molar-refractivity contribution in [2.75, 3.05) is 26.2 Å². The van der Waals surface area contributed by atoms with E-state index in [1.165, 1.54) is 29.5 Å². The second-order valence-electron chi connectivity index (χ2n) is 5.78. The number of ether oxygens (including phenoxy) is 1. The molecule has 1 aromatic carbocycles. The summed E-state index contributed by atoms with van der Waals surface area (Å²) >= 11 is 0. The summed E-state index contributed by atoms with van der Waals surface area (Å²) in [4.78, 5) is 2.48. The predicted molar refractivity (Wildman–Crippen MR) is 83.9 cm³/mol. The van der Waals surface area contributed by atoms with Crippen LogP contribution in [-0.2, 0) is 4.74 Å². The first-order valence-corrected chi connectivity index (χ1v) is 7.79. The fourth-order valence-corrected chi connectivity index (χ4v) is 3.33. The van der Waals surface area contributed by atoms with Crippen LogP contribution in [0.5, 0.6) is 0 Å². The van der Waals surface area contributed by atoms with Crippen molar-refractivity contribution in [2.24, 2.45) is 5.73 Å². The van der Waals surface area contributed by atoms with E-state index in [-0.39, 0.29) is 0 Å². The highest BCUT2D eigenvalue weighted by molar-refractivity contribution is 5.36. The normalized spacial score (nSPS) is 20.6. The lowest BCUT2D eigenvalue weighted by atomic mass is 9.94. The third-order valence-electron chi connectivity index (χ3n) is 4.41. The summed E-state index contributed by atoms with van der Waals surface area (Å²) in [6.07, 6.45) is 2.76. The number of hydrogen-bond donors (Lipinski definition) is 1. The molecular formula is C17H28N2O. The van der Waals surface area contributed by atoms with Gasteiger partial charge in [-0.25, -0.2) is 0 Å². The Kier molecular flexibility index (Phi) is 5.58. The maximum atomic E-state index is 6.11. The molecule has 1 saturated heterocycles. The van der Waals surface area contributed by atoms with Crippen molar-refractivity contribution in [3.63, 3.8) is 0 Å². The molecule has 0 spiro atoms. The minimum absolute atomic E-state index is 0.297. The lowest BCUT2D eigenvalue weighted by Crippen LogP contribution is -2.39. The van der Waals surface area contributed by atoms with Gasteiger partial charge in [0.05, 0.1) is 6.10 Å². The molecular weight excluding hydrogens is 248 g/mol. The fourth-order valence-electron chi connectivity index (χ4n) is 3.33. The summed E-state index contributed by atoms with van der Waals surface area (Å²) in [5, 5.41) is 0. The third kappa shape index (κ3) is 3.40. The summed E-state index contributed by atoms with van der Waals surface area (Å²) in [5.74, 6) is 0. The second kappa shape index (κ2) is 7.21. The lowest BCUT2D eigenvalue weighted by Gasteiger charge is -2.33. The molecule has 0 radical (unpaired) electrons. The molecule has 2 unspecified atom stereocenters. The Bertz CT molecular complexity index is 407. The quantitative estimate of drug-likeness (QED) is 0.868. The van der Waals surface area contributed by atoms with E-state index in [0.29, 0.717) is 18.7 Å². The van der Waals surface area contributed by atoms with E-state index in [2.05, 4.69) is 43.9 Å². The molecule has 0 bridgehead atoms. The van der Waals surface area contributed by atoms with E-state index in [9.17, 15) is 0 Å². The summed E-state index contributed by atoms with van der Waals surface area (Å²) in [7, 11) is 0. The van der Waals surface area contributed by atoms with Gasteiger partial charge in [0.25, 0.3) is 0 Å². The van der Waals surface area contributed by atoms with Crippen LogP contribution in [0.3, 0.4) is 0 Å². The van der Waals surface area contributed by atoms with Crippen LogP contribution in [0.25, 0.3) is 0 Å². The molecule has 1 aliphatic rings. The van der Waals surface area contributed by atoms with Gasteiger partial charge < -0.3 is 10.5 Å². The van der Waals surface area contributed by atoms with Crippen molar-refractivity contribution in [1.29, 1.82) is 0 Å². The van der Waals surface area contributed by atoms with Crippen molar-refractivity contribution < 1.29 is 4.74 Å². The first-order valence-electron chi connectivity index (χ1n) is 7.79. The molecule has 3 heteroatoms. The number of nitrogens with zero attached hydrogens (tertiary/aromatic N) is 1. The highest BCUT2D eigenvalue weighted by Crippen LogP contribution is 2.27. The lowest BCUT2D eigenvalue weighted by molar-refractivity contribution is 0.0599. The van der Waals surface area contributed by atoms with Crippen molar-refractivity contribution in [3.8, 4) is 0 Å². The number of nitrogens with two attached hydrogens (primary N) is 1. The maximum absolute atomic E-state index is 6.11. The van der Waals surface area contributed by atoms with Gasteiger partial charge in [0.1, 0.15) is 0 Å². The standard InChI is InChI=1S/C17H28N2O/c1-4-19(12-15-9-6-10-20-15)16(11-18)17-13(2)7-5-8-14(17)3/h5,7-8,15-16H,4,6,9-12,18H2,1-3H3. The Morgan fingerprint density at radius 3 is 2.55 bits per heavy atom. The molecule has 1 aromatic rings. The highest BCUT2D eigenvalue weighted by Gasteiger charge is 2.25. The average Bonchev–Trinajstić information content (AvgIpc) is 2.94. The SMILES string of the molecule is CCN(CC1CCCO1)C(CN)c1c(C)cccc1C. The molecule has 2 rings (SSSR count). The van der Waals surface area contributed by atoms with Crippen LogP contribution in [0, 0.1) is 13.8 Å². The minimum Gasteiger partial charge on any atom is -0.377 e. The Hall–Kier alpha value is -0.900. The molecule has 0 aromatic heterocycles. The Balaban J connectivity index is 2.19. The van der Waals surface area contributed by atoms with Gasteiger partial charge >= 0.3 is 0 Å². The number of likely N-dealkylation sites (N-methyl/N-ethyl adjacent to an activating group) is 1. The average molecular weight is 276 g/mol. The number of hydrogen-bond acceptors (Lipinski definition) is 3. The van der Waals surface area contributed by atoms with E-state index in [4.69, 9.17) is 10.5 Å². The van der Waals surface area contributed by atoms with Crippen molar-refractivity contribution >= 4 is 0 Å². The molecule has 1 fully saturated rings. The monoisotopic (exact) mass is 276 g/mol. The van der Waals surface area contributed by atoms with Crippen LogP contribution in [0.15, 0.2) is 18.2 Å². The van der Waals surface area contributed by atoms with Crippen LogP contribution < -0.4 is 5.73 Å². The van der Waals surface area contributed by atoms with Crippen LogP contribution in [0.1, 0.15) is 42.5 Å². The molecule has 20 heavy (non-hydrogen) atoms. The van der Waals surface area contributed by atoms with Gasteiger partial charge in [0, 0.05) is 25.7 Å². The zero-order valence-corrected chi connectivity index (χ0v) is 13.1. The largest absolute Gasteiger partial charge is 0.377 e. The van der Waals surface area contributed by atoms with Crippen molar-refractivity contribution in [2.45, 2.75) is 45.8 Å². The molecule has 0 saturated carbocycles. The van der Waals surface area contributed by atoms with E-state index >= 15 is 0 Å². The van der Waals surface area contributed by atoms with Crippen LogP contribution in [0.4, 0.5) is 0 Å². The van der Waals surface area contributed by atoms with Crippen LogP contribution in [0.2, 0.25) is 0 Å². The highest BCUT2D eigenvalue weighted by atomic mass is 16.5. The van der Waals surface area contributed by atoms with Gasteiger partial charge in [-0.1, -0.05) is 25.1 Å². The summed E-state index contributed by atoms with van der Waals surface area (Å²) in [6.45, 7) is 10.2. The van der Waals surface area contributed by atoms with E-state index in [1.807, 2.05) is 0 Å². The number of aryl methyl sites for hydroxylation is 2. The molecule has 0 aliphatic carbocycles. The molecule has 112 valence electrons. The van der Waals surface area contributed by atoms with Gasteiger partial charge in [-0.15, -0.1) is 0 Å². The van der Waals surface area contributed by atoms with Gasteiger partial charge in [-0.3, -0.25) is 4.90 Å². The molecule has 1 aliphatic heterocycles. The predicted octanol–water partition coefficient (Wildman–Crippen LogP) is 2.80. The summed E-state index contributed by atoms with van der Waals surface area (Å²) in [6, 6.07) is 6.79. The Labute approximate surface area is 123 Å². The summed E-state index contributed by atoms with van der Waals surface area (Å²) < 4.78 is 5.79. The van der Waals surface area contributed by atoms with Gasteiger partial charge in [-0.2, -0.15) is 0 Å².